The number of aromatic nitrogens is 1. The predicted molar refractivity (Wildman–Crippen MR) is 119 cm³/mol. The molecule has 148 valence electrons. The van der Waals surface area contributed by atoms with Gasteiger partial charge in [0.05, 0.1) is 15.1 Å². The fourth-order valence-corrected chi connectivity index (χ4v) is 6.59. The molecule has 0 saturated carbocycles. The first-order valence-corrected chi connectivity index (χ1v) is 11.5. The number of thioether (sulfide) groups is 1. The van der Waals surface area contributed by atoms with Crippen molar-refractivity contribution in [1.29, 1.82) is 0 Å². The van der Waals surface area contributed by atoms with Gasteiger partial charge in [-0.3, -0.25) is 9.59 Å². The van der Waals surface area contributed by atoms with Crippen molar-refractivity contribution < 1.29 is 9.59 Å². The van der Waals surface area contributed by atoms with Gasteiger partial charge in [0.1, 0.15) is 11.0 Å². The Kier molecular flexibility index (Phi) is 4.40. The van der Waals surface area contributed by atoms with Crippen molar-refractivity contribution in [3.05, 3.63) is 48.0 Å². The second kappa shape index (κ2) is 6.85. The first kappa shape index (κ1) is 18.6. The smallest absolute Gasteiger partial charge is 0.248 e. The maximum atomic E-state index is 12.8. The molecule has 2 aliphatic rings. The van der Waals surface area contributed by atoms with Crippen LogP contribution in [0.1, 0.15) is 25.3 Å². The molecule has 29 heavy (non-hydrogen) atoms. The molecular weight excluding hydrogens is 402 g/mol. The van der Waals surface area contributed by atoms with Gasteiger partial charge in [-0.15, -0.1) is 23.1 Å². The van der Waals surface area contributed by atoms with Crippen LogP contribution < -0.4 is 5.32 Å². The number of fused-ring (bicyclic) bond motifs is 2. The van der Waals surface area contributed by atoms with Gasteiger partial charge in [-0.2, -0.15) is 0 Å². The van der Waals surface area contributed by atoms with Crippen LogP contribution in [0.3, 0.4) is 0 Å². The monoisotopic (exact) mass is 423 g/mol. The largest absolute Gasteiger partial charge is 0.324 e. The van der Waals surface area contributed by atoms with Crippen molar-refractivity contribution in [2.75, 3.05) is 11.1 Å². The van der Waals surface area contributed by atoms with E-state index >= 15 is 0 Å². The molecule has 3 aromatic rings. The predicted octanol–water partition coefficient (Wildman–Crippen LogP) is 4.66. The van der Waals surface area contributed by atoms with E-state index in [2.05, 4.69) is 31.3 Å². The van der Waals surface area contributed by atoms with Gasteiger partial charge in [0.15, 0.2) is 0 Å². The fraction of sp³-hybridized carbons (Fsp3) is 0.318. The number of aryl methyl sites for hydroxylation is 1. The number of carbonyl (C=O) groups is 2. The number of amides is 2. The van der Waals surface area contributed by atoms with Crippen molar-refractivity contribution >= 4 is 50.8 Å². The summed E-state index contributed by atoms with van der Waals surface area (Å²) in [7, 11) is 0. The Labute approximate surface area is 177 Å². The second-order valence-corrected chi connectivity index (χ2v) is 10.4. The van der Waals surface area contributed by atoms with Crippen LogP contribution in [0.2, 0.25) is 0 Å². The van der Waals surface area contributed by atoms with E-state index in [0.717, 1.165) is 28.2 Å². The first-order valence-electron chi connectivity index (χ1n) is 9.68. The molecule has 2 amide bonds. The van der Waals surface area contributed by atoms with Crippen molar-refractivity contribution in [3.63, 3.8) is 0 Å². The van der Waals surface area contributed by atoms with E-state index in [4.69, 9.17) is 4.98 Å². The van der Waals surface area contributed by atoms with Gasteiger partial charge in [-0.05, 0) is 62.2 Å². The van der Waals surface area contributed by atoms with Crippen LogP contribution in [-0.2, 0) is 9.59 Å². The topological polar surface area (TPSA) is 62.3 Å². The van der Waals surface area contributed by atoms with Crippen LogP contribution in [0.5, 0.6) is 0 Å². The quantitative estimate of drug-likeness (QED) is 0.665. The summed E-state index contributed by atoms with van der Waals surface area (Å²) in [5.41, 5.74) is 4.00. The maximum absolute atomic E-state index is 12.8. The molecule has 0 bridgehead atoms. The van der Waals surface area contributed by atoms with Crippen LogP contribution in [0.4, 0.5) is 5.69 Å². The number of rotatable bonds is 3. The van der Waals surface area contributed by atoms with Crippen LogP contribution in [0.15, 0.2) is 42.5 Å². The zero-order valence-corrected chi connectivity index (χ0v) is 17.9. The Hall–Kier alpha value is -2.38. The molecule has 2 saturated heterocycles. The van der Waals surface area contributed by atoms with Gasteiger partial charge in [0.2, 0.25) is 11.8 Å². The number of hydrogen-bond acceptors (Lipinski definition) is 5. The van der Waals surface area contributed by atoms with Gasteiger partial charge < -0.3 is 10.2 Å². The second-order valence-electron chi connectivity index (χ2n) is 7.82. The highest BCUT2D eigenvalue weighted by Gasteiger charge is 2.52. The van der Waals surface area contributed by atoms with Crippen molar-refractivity contribution in [2.24, 2.45) is 0 Å². The number of carbonyl (C=O) groups excluding carboxylic acids is 2. The minimum atomic E-state index is -0.396. The number of nitrogens with one attached hydrogen (secondary N) is 1. The molecule has 5 rings (SSSR count). The van der Waals surface area contributed by atoms with Gasteiger partial charge in [-0.25, -0.2) is 4.98 Å². The summed E-state index contributed by atoms with van der Waals surface area (Å²) >= 11 is 3.38. The molecule has 0 aliphatic carbocycles. The molecule has 2 fully saturated rings. The Bertz CT molecular complexity index is 1120. The molecule has 2 aromatic carbocycles. The van der Waals surface area contributed by atoms with E-state index in [1.165, 1.54) is 10.3 Å². The number of hydrogen-bond donors (Lipinski definition) is 1. The van der Waals surface area contributed by atoms with Crippen LogP contribution >= 0.6 is 23.1 Å². The van der Waals surface area contributed by atoms with Crippen LogP contribution in [0.25, 0.3) is 20.8 Å². The number of benzene rings is 2. The lowest BCUT2D eigenvalue weighted by molar-refractivity contribution is -0.135. The summed E-state index contributed by atoms with van der Waals surface area (Å²) < 4.78 is 1.18. The standard InChI is InChI=1S/C22H21N3O2S2/c1-13-3-8-16-18(11-13)29-21(24-16)14-4-6-15(7-5-14)23-20(27)17-12-28-22(2)10-9-19(26)25(17)22/h3-8,11,17H,9-10,12H2,1-2H3,(H,23,27). The highest BCUT2D eigenvalue weighted by molar-refractivity contribution is 8.01. The Morgan fingerprint density at radius 2 is 2.03 bits per heavy atom. The maximum Gasteiger partial charge on any atom is 0.248 e. The summed E-state index contributed by atoms with van der Waals surface area (Å²) in [6, 6.07) is 13.6. The van der Waals surface area contributed by atoms with E-state index < -0.39 is 6.04 Å². The summed E-state index contributed by atoms with van der Waals surface area (Å²) in [4.78, 5) is 31.3. The summed E-state index contributed by atoms with van der Waals surface area (Å²) in [5.74, 6) is 0.621. The molecule has 2 aliphatic heterocycles. The molecule has 2 atom stereocenters. The highest BCUT2D eigenvalue weighted by Crippen LogP contribution is 2.47. The molecule has 3 heterocycles. The third kappa shape index (κ3) is 3.22. The van der Waals surface area contributed by atoms with E-state index in [0.29, 0.717) is 12.2 Å². The van der Waals surface area contributed by atoms with E-state index in [1.54, 1.807) is 28.0 Å². The number of anilines is 1. The average Bonchev–Trinajstić information content (AvgIpc) is 3.35. The van der Waals surface area contributed by atoms with Crippen molar-refractivity contribution in [2.45, 2.75) is 37.6 Å². The fourth-order valence-electron chi connectivity index (χ4n) is 4.09. The Balaban J connectivity index is 1.32. The normalized spacial score (nSPS) is 23.6. The summed E-state index contributed by atoms with van der Waals surface area (Å²) in [6.45, 7) is 4.14. The van der Waals surface area contributed by atoms with E-state index in [-0.39, 0.29) is 16.7 Å². The van der Waals surface area contributed by atoms with Gasteiger partial charge in [-0.1, -0.05) is 6.07 Å². The summed E-state index contributed by atoms with van der Waals surface area (Å²) in [5, 5.41) is 3.95. The van der Waals surface area contributed by atoms with Crippen molar-refractivity contribution in [1.82, 2.24) is 9.88 Å². The lowest BCUT2D eigenvalue weighted by Gasteiger charge is -2.29. The van der Waals surface area contributed by atoms with E-state index in [9.17, 15) is 9.59 Å². The van der Waals surface area contributed by atoms with Crippen LogP contribution in [-0.4, -0.2) is 38.4 Å². The molecule has 2 unspecified atom stereocenters. The van der Waals surface area contributed by atoms with Gasteiger partial charge in [0.25, 0.3) is 0 Å². The van der Waals surface area contributed by atoms with Gasteiger partial charge >= 0.3 is 0 Å². The summed E-state index contributed by atoms with van der Waals surface area (Å²) in [6.07, 6.45) is 1.35. The Morgan fingerprint density at radius 1 is 1.24 bits per heavy atom. The minimum absolute atomic E-state index is 0.0825. The number of thiazole rings is 1. The molecule has 5 nitrogen and oxygen atoms in total. The number of nitrogens with zero attached hydrogens (tertiary/aromatic N) is 2. The van der Waals surface area contributed by atoms with Crippen LogP contribution in [0, 0.1) is 6.92 Å². The average molecular weight is 424 g/mol. The lowest BCUT2D eigenvalue weighted by atomic mass is 10.2. The Morgan fingerprint density at radius 3 is 2.83 bits per heavy atom. The minimum Gasteiger partial charge on any atom is -0.324 e. The molecule has 1 N–H and O–H groups in total. The third-order valence-electron chi connectivity index (χ3n) is 5.69. The van der Waals surface area contributed by atoms with E-state index in [1.807, 2.05) is 30.3 Å². The molecule has 7 heteroatoms. The molecule has 0 spiro atoms. The van der Waals surface area contributed by atoms with Crippen molar-refractivity contribution in [3.8, 4) is 10.6 Å². The lowest BCUT2D eigenvalue weighted by Crippen LogP contribution is -2.48. The van der Waals surface area contributed by atoms with Gasteiger partial charge in [0, 0.05) is 23.4 Å². The zero-order valence-electron chi connectivity index (χ0n) is 16.3. The molecular formula is C22H21N3O2S2. The highest BCUT2D eigenvalue weighted by atomic mass is 32.2. The zero-order chi connectivity index (χ0) is 20.2. The first-order chi connectivity index (χ1) is 13.9. The SMILES string of the molecule is Cc1ccc2nc(-c3ccc(NC(=O)C4CSC5(C)CCC(=O)N45)cc3)sc2c1. The molecule has 1 aromatic heterocycles. The molecule has 0 radical (unpaired) electrons. The third-order valence-corrected chi connectivity index (χ3v) is 8.26.